The zero-order valence-corrected chi connectivity index (χ0v) is 18.4. The summed E-state index contributed by atoms with van der Waals surface area (Å²) in [6.45, 7) is 4.60. The van der Waals surface area contributed by atoms with E-state index in [-0.39, 0.29) is 11.8 Å². The first-order valence-electron chi connectivity index (χ1n) is 10.3. The molecule has 0 bridgehead atoms. The van der Waals surface area contributed by atoms with Crippen LogP contribution in [0.3, 0.4) is 0 Å². The number of aliphatic carboxylic acids is 1. The second-order valence-corrected chi connectivity index (χ2v) is 10.6. The van der Waals surface area contributed by atoms with Gasteiger partial charge in [-0.3, -0.25) is 10.1 Å². The summed E-state index contributed by atoms with van der Waals surface area (Å²) in [5, 5.41) is 12.3. The number of anilines is 1. The maximum Gasteiger partial charge on any atom is 0.324 e. The van der Waals surface area contributed by atoms with Gasteiger partial charge >= 0.3 is 12.0 Å². The van der Waals surface area contributed by atoms with E-state index in [0.717, 1.165) is 35.8 Å². The van der Waals surface area contributed by atoms with Crippen LogP contribution in [0.25, 0.3) is 0 Å². The van der Waals surface area contributed by atoms with Gasteiger partial charge in [0.2, 0.25) is 0 Å². The monoisotopic (exact) mass is 425 g/mol. The van der Waals surface area contributed by atoms with Crippen molar-refractivity contribution < 1.29 is 14.7 Å². The van der Waals surface area contributed by atoms with Gasteiger partial charge in [0, 0.05) is 12.1 Å². The van der Waals surface area contributed by atoms with Gasteiger partial charge in [-0.15, -0.1) is 11.8 Å². The van der Waals surface area contributed by atoms with Crippen LogP contribution in [0.5, 0.6) is 0 Å². The van der Waals surface area contributed by atoms with Crippen LogP contribution < -0.4 is 5.32 Å². The second kappa shape index (κ2) is 9.96. The van der Waals surface area contributed by atoms with Gasteiger partial charge in [0.1, 0.15) is 0 Å². The molecule has 0 spiro atoms. The number of thioether (sulfide) groups is 1. The number of hydrogen-bond donors (Lipinski definition) is 2. The summed E-state index contributed by atoms with van der Waals surface area (Å²) in [5.74, 6) is 0.640. The molecular formula is C20H31N3O3S2. The first kappa shape index (κ1) is 21.4. The van der Waals surface area contributed by atoms with Gasteiger partial charge in [-0.05, 0) is 50.4 Å². The van der Waals surface area contributed by atoms with E-state index < -0.39 is 5.97 Å². The van der Waals surface area contributed by atoms with Crippen molar-refractivity contribution in [3.8, 4) is 0 Å². The van der Waals surface area contributed by atoms with Gasteiger partial charge in [-0.1, -0.05) is 38.0 Å². The van der Waals surface area contributed by atoms with Crippen LogP contribution in [0.4, 0.5) is 9.93 Å². The Morgan fingerprint density at radius 3 is 2.46 bits per heavy atom. The van der Waals surface area contributed by atoms with E-state index in [0.29, 0.717) is 23.1 Å². The SMILES string of the molecule is CC(C)C1CCC(N(C(=O)Nc2ncc(SCC(=O)O)s2)C2CCCC2)CC1. The number of carbonyl (C=O) groups is 2. The lowest BCUT2D eigenvalue weighted by molar-refractivity contribution is -0.133. The van der Waals surface area contributed by atoms with Gasteiger partial charge in [0.15, 0.2) is 5.13 Å². The fourth-order valence-corrected chi connectivity index (χ4v) is 6.11. The van der Waals surface area contributed by atoms with Crippen molar-refractivity contribution in [1.29, 1.82) is 0 Å². The maximum absolute atomic E-state index is 13.2. The molecule has 2 aliphatic carbocycles. The predicted octanol–water partition coefficient (Wildman–Crippen LogP) is 5.31. The molecule has 1 heterocycles. The van der Waals surface area contributed by atoms with Gasteiger partial charge in [-0.2, -0.15) is 0 Å². The molecule has 1 aromatic heterocycles. The number of hydrogen-bond acceptors (Lipinski definition) is 5. The fourth-order valence-electron chi connectivity index (χ4n) is 4.53. The van der Waals surface area contributed by atoms with Crippen LogP contribution >= 0.6 is 23.1 Å². The molecule has 0 saturated heterocycles. The number of nitrogens with zero attached hydrogens (tertiary/aromatic N) is 2. The number of carbonyl (C=O) groups excluding carboxylic acids is 1. The lowest BCUT2D eigenvalue weighted by Crippen LogP contribution is -2.49. The van der Waals surface area contributed by atoms with Crippen LogP contribution in [0.1, 0.15) is 65.2 Å². The van der Waals surface area contributed by atoms with Gasteiger partial charge < -0.3 is 10.0 Å². The third-order valence-corrected chi connectivity index (χ3v) is 8.16. The van der Waals surface area contributed by atoms with E-state index >= 15 is 0 Å². The minimum absolute atomic E-state index is 0.00285. The van der Waals surface area contributed by atoms with Gasteiger partial charge in [-0.25, -0.2) is 9.78 Å². The number of amides is 2. The Bertz CT molecular complexity index is 665. The van der Waals surface area contributed by atoms with Crippen molar-refractivity contribution in [2.45, 2.75) is 81.5 Å². The van der Waals surface area contributed by atoms with Crippen LogP contribution in [-0.2, 0) is 4.79 Å². The van der Waals surface area contributed by atoms with E-state index in [1.165, 1.54) is 48.8 Å². The first-order chi connectivity index (χ1) is 13.4. The number of urea groups is 1. The van der Waals surface area contributed by atoms with Crippen molar-refractivity contribution >= 4 is 40.2 Å². The molecule has 0 aromatic carbocycles. The van der Waals surface area contributed by atoms with Crippen LogP contribution in [0.2, 0.25) is 0 Å². The number of aromatic nitrogens is 1. The second-order valence-electron chi connectivity index (χ2n) is 8.26. The van der Waals surface area contributed by atoms with Crippen molar-refractivity contribution in [2.24, 2.45) is 11.8 Å². The summed E-state index contributed by atoms with van der Waals surface area (Å²) >= 11 is 2.58. The first-order valence-corrected chi connectivity index (χ1v) is 12.1. The summed E-state index contributed by atoms with van der Waals surface area (Å²) < 4.78 is 0.808. The fraction of sp³-hybridized carbons (Fsp3) is 0.750. The Morgan fingerprint density at radius 2 is 1.86 bits per heavy atom. The van der Waals surface area contributed by atoms with Crippen molar-refractivity contribution in [3.05, 3.63) is 6.20 Å². The lowest BCUT2D eigenvalue weighted by Gasteiger charge is -2.41. The van der Waals surface area contributed by atoms with E-state index in [1.807, 2.05) is 0 Å². The number of thiazole rings is 1. The standard InChI is InChI=1S/C20H31N3O3S2/c1-13(2)14-7-9-16(10-8-14)23(15-5-3-4-6-15)20(26)22-19-21-11-18(28-19)27-12-17(24)25/h11,13-16H,3-10,12H2,1-2H3,(H,24,25)(H,21,22,26). The summed E-state index contributed by atoms with van der Waals surface area (Å²) in [6, 6.07) is 0.615. The predicted molar refractivity (Wildman–Crippen MR) is 114 cm³/mol. The summed E-state index contributed by atoms with van der Waals surface area (Å²) in [4.78, 5) is 30.3. The zero-order chi connectivity index (χ0) is 20.1. The smallest absolute Gasteiger partial charge is 0.324 e. The minimum atomic E-state index is -0.853. The van der Waals surface area contributed by atoms with E-state index in [4.69, 9.17) is 5.11 Å². The third-order valence-electron chi connectivity index (χ3n) is 6.07. The molecule has 2 N–H and O–H groups in total. The number of carboxylic acid groups (broad SMARTS) is 1. The van der Waals surface area contributed by atoms with E-state index in [1.54, 1.807) is 6.20 Å². The van der Waals surface area contributed by atoms with E-state index in [2.05, 4.69) is 29.0 Å². The van der Waals surface area contributed by atoms with Gasteiger partial charge in [0.05, 0.1) is 16.2 Å². The van der Waals surface area contributed by atoms with Crippen LogP contribution in [0.15, 0.2) is 10.4 Å². The molecule has 2 aliphatic rings. The maximum atomic E-state index is 13.2. The number of rotatable bonds is 7. The minimum Gasteiger partial charge on any atom is -0.481 e. The van der Waals surface area contributed by atoms with Crippen LogP contribution in [-0.4, -0.2) is 44.8 Å². The Hall–Kier alpha value is -1.28. The summed E-state index contributed by atoms with van der Waals surface area (Å²) in [5.41, 5.74) is 0. The molecule has 28 heavy (non-hydrogen) atoms. The Kier molecular flexibility index (Phi) is 7.62. The third kappa shape index (κ3) is 5.63. The Balaban J connectivity index is 1.63. The molecule has 3 rings (SSSR count). The quantitative estimate of drug-likeness (QED) is 0.578. The molecule has 0 aliphatic heterocycles. The van der Waals surface area contributed by atoms with Crippen molar-refractivity contribution in [1.82, 2.24) is 9.88 Å². The lowest BCUT2D eigenvalue weighted by atomic mass is 9.79. The molecule has 2 saturated carbocycles. The molecule has 1 aromatic rings. The molecule has 0 unspecified atom stereocenters. The highest BCUT2D eigenvalue weighted by atomic mass is 32.2. The topological polar surface area (TPSA) is 82.5 Å². The summed E-state index contributed by atoms with van der Waals surface area (Å²) in [6.07, 6.45) is 10.8. The molecule has 2 fully saturated rings. The van der Waals surface area contributed by atoms with Crippen molar-refractivity contribution in [3.63, 3.8) is 0 Å². The highest BCUT2D eigenvalue weighted by Crippen LogP contribution is 2.36. The van der Waals surface area contributed by atoms with E-state index in [9.17, 15) is 9.59 Å². The van der Waals surface area contributed by atoms with Crippen molar-refractivity contribution in [2.75, 3.05) is 11.1 Å². The Morgan fingerprint density at radius 1 is 1.21 bits per heavy atom. The van der Waals surface area contributed by atoms with Crippen LogP contribution in [0, 0.1) is 11.8 Å². The normalized spacial score (nSPS) is 23.1. The number of carboxylic acids is 1. The molecule has 6 nitrogen and oxygen atoms in total. The zero-order valence-electron chi connectivity index (χ0n) is 16.7. The largest absolute Gasteiger partial charge is 0.481 e. The summed E-state index contributed by atoms with van der Waals surface area (Å²) in [7, 11) is 0. The highest BCUT2D eigenvalue weighted by Gasteiger charge is 2.35. The molecule has 2 amide bonds. The molecule has 0 atom stereocenters. The average Bonchev–Trinajstić information content (AvgIpc) is 3.33. The highest BCUT2D eigenvalue weighted by molar-refractivity contribution is 8.01. The van der Waals surface area contributed by atoms with Gasteiger partial charge in [0.25, 0.3) is 0 Å². The molecule has 0 radical (unpaired) electrons. The Labute approximate surface area is 175 Å². The average molecular weight is 426 g/mol. The molecule has 8 heteroatoms. The molecule has 156 valence electrons. The number of nitrogens with one attached hydrogen (secondary N) is 1. The molecular weight excluding hydrogens is 394 g/mol.